The normalized spacial score (nSPS) is 28.5. The Labute approximate surface area is 103 Å². The fraction of sp³-hybridized carbons (Fsp3) is 0.643. The average Bonchev–Trinajstić information content (AvgIpc) is 3.08. The zero-order valence-electron chi connectivity index (χ0n) is 10.4. The van der Waals surface area contributed by atoms with Crippen molar-refractivity contribution in [1.82, 2.24) is 10.3 Å². The Balaban J connectivity index is 1.58. The summed E-state index contributed by atoms with van der Waals surface area (Å²) in [7, 11) is 0. The molecule has 1 aromatic rings. The number of hydrogen-bond acceptors (Lipinski definition) is 3. The molecular formula is C14H20N2O. The van der Waals surface area contributed by atoms with Crippen LogP contribution in [0.15, 0.2) is 18.5 Å². The Morgan fingerprint density at radius 3 is 3.06 bits per heavy atom. The lowest BCUT2D eigenvalue weighted by molar-refractivity contribution is 0.0808. The van der Waals surface area contributed by atoms with Crippen molar-refractivity contribution in [3.8, 4) is 0 Å². The molecule has 3 rings (SSSR count). The maximum absolute atomic E-state index is 5.83. The van der Waals surface area contributed by atoms with Crippen LogP contribution in [0.5, 0.6) is 0 Å². The largest absolute Gasteiger partial charge is 0.376 e. The maximum Gasteiger partial charge on any atom is 0.0757 e. The zero-order chi connectivity index (χ0) is 11.7. The van der Waals surface area contributed by atoms with Gasteiger partial charge in [0.15, 0.2) is 0 Å². The first-order valence-corrected chi connectivity index (χ1v) is 6.59. The van der Waals surface area contributed by atoms with Gasteiger partial charge in [-0.15, -0.1) is 0 Å². The van der Waals surface area contributed by atoms with Crippen molar-refractivity contribution in [2.45, 2.75) is 44.9 Å². The van der Waals surface area contributed by atoms with Crippen LogP contribution in [-0.4, -0.2) is 23.7 Å². The van der Waals surface area contributed by atoms with E-state index in [0.717, 1.165) is 25.5 Å². The second kappa shape index (κ2) is 4.75. The van der Waals surface area contributed by atoms with Crippen LogP contribution in [0.4, 0.5) is 0 Å². The Morgan fingerprint density at radius 2 is 2.29 bits per heavy atom. The molecule has 0 bridgehead atoms. The average molecular weight is 232 g/mol. The zero-order valence-corrected chi connectivity index (χ0v) is 10.4. The van der Waals surface area contributed by atoms with Crippen molar-refractivity contribution in [3.63, 3.8) is 0 Å². The maximum atomic E-state index is 5.83. The molecule has 2 fully saturated rings. The van der Waals surface area contributed by atoms with Gasteiger partial charge >= 0.3 is 0 Å². The van der Waals surface area contributed by atoms with Gasteiger partial charge in [-0.1, -0.05) is 0 Å². The van der Waals surface area contributed by atoms with Crippen molar-refractivity contribution >= 4 is 0 Å². The summed E-state index contributed by atoms with van der Waals surface area (Å²) in [6, 6.07) is 2.61. The van der Waals surface area contributed by atoms with Gasteiger partial charge in [-0.3, -0.25) is 4.98 Å². The molecule has 0 aromatic carbocycles. The first kappa shape index (κ1) is 11.2. The third-order valence-corrected chi connectivity index (χ3v) is 3.92. The van der Waals surface area contributed by atoms with Gasteiger partial charge in [0.05, 0.1) is 6.10 Å². The molecule has 2 aliphatic rings. The highest BCUT2D eigenvalue weighted by atomic mass is 16.5. The summed E-state index contributed by atoms with van der Waals surface area (Å²) < 4.78 is 5.83. The number of hydrogen-bond donors (Lipinski definition) is 1. The van der Waals surface area contributed by atoms with E-state index in [0.29, 0.717) is 12.1 Å². The molecule has 0 spiro atoms. The Kier molecular flexibility index (Phi) is 3.12. The van der Waals surface area contributed by atoms with Gasteiger partial charge in [0.2, 0.25) is 0 Å². The summed E-state index contributed by atoms with van der Waals surface area (Å²) in [4.78, 5) is 4.19. The highest BCUT2D eigenvalue weighted by molar-refractivity contribution is 5.21. The summed E-state index contributed by atoms with van der Waals surface area (Å²) >= 11 is 0. The molecule has 1 aliphatic heterocycles. The van der Waals surface area contributed by atoms with Gasteiger partial charge in [-0.25, -0.2) is 0 Å². The monoisotopic (exact) mass is 232 g/mol. The van der Waals surface area contributed by atoms with Crippen LogP contribution in [0.1, 0.15) is 30.4 Å². The topological polar surface area (TPSA) is 34.2 Å². The highest BCUT2D eigenvalue weighted by Crippen LogP contribution is 2.38. The summed E-state index contributed by atoms with van der Waals surface area (Å²) in [6.45, 7) is 3.98. The summed E-state index contributed by atoms with van der Waals surface area (Å²) in [5.41, 5.74) is 2.61. The summed E-state index contributed by atoms with van der Waals surface area (Å²) in [5, 5.41) is 3.65. The first-order chi connectivity index (χ1) is 8.34. The second-order valence-electron chi connectivity index (χ2n) is 5.25. The van der Waals surface area contributed by atoms with Crippen LogP contribution in [0.25, 0.3) is 0 Å². The Morgan fingerprint density at radius 1 is 1.41 bits per heavy atom. The SMILES string of the molecule is Cc1ccncc1CNC1CCOC1C1CC1. The van der Waals surface area contributed by atoms with E-state index in [1.807, 2.05) is 12.4 Å². The molecule has 2 heterocycles. The first-order valence-electron chi connectivity index (χ1n) is 6.59. The molecule has 2 unspecified atom stereocenters. The number of ether oxygens (including phenoxy) is 1. The molecule has 3 heteroatoms. The Hall–Kier alpha value is -0.930. The fourth-order valence-corrected chi connectivity index (χ4v) is 2.64. The molecule has 1 saturated heterocycles. The quantitative estimate of drug-likeness (QED) is 0.862. The molecule has 1 N–H and O–H groups in total. The molecule has 2 atom stereocenters. The van der Waals surface area contributed by atoms with Gasteiger partial charge in [0, 0.05) is 31.6 Å². The lowest BCUT2D eigenvalue weighted by Crippen LogP contribution is -2.37. The highest BCUT2D eigenvalue weighted by Gasteiger charge is 2.40. The van der Waals surface area contributed by atoms with Crippen LogP contribution in [0.2, 0.25) is 0 Å². The summed E-state index contributed by atoms with van der Waals surface area (Å²) in [6.07, 6.45) is 8.14. The van der Waals surface area contributed by atoms with E-state index < -0.39 is 0 Å². The lowest BCUT2D eigenvalue weighted by Gasteiger charge is -2.19. The van der Waals surface area contributed by atoms with Crippen molar-refractivity contribution < 1.29 is 4.74 Å². The predicted molar refractivity (Wildman–Crippen MR) is 66.7 cm³/mol. The van der Waals surface area contributed by atoms with Gasteiger partial charge in [-0.05, 0) is 49.3 Å². The molecule has 1 aromatic heterocycles. The number of nitrogens with zero attached hydrogens (tertiary/aromatic N) is 1. The van der Waals surface area contributed by atoms with Gasteiger partial charge < -0.3 is 10.1 Å². The molecular weight excluding hydrogens is 212 g/mol. The molecule has 1 aliphatic carbocycles. The molecule has 92 valence electrons. The van der Waals surface area contributed by atoms with E-state index in [9.17, 15) is 0 Å². The third-order valence-electron chi connectivity index (χ3n) is 3.92. The predicted octanol–water partition coefficient (Wildman–Crippen LogP) is 2.05. The van der Waals surface area contributed by atoms with Crippen molar-refractivity contribution in [3.05, 3.63) is 29.6 Å². The minimum absolute atomic E-state index is 0.465. The van der Waals surface area contributed by atoms with Gasteiger partial charge in [-0.2, -0.15) is 0 Å². The number of pyridine rings is 1. The van der Waals surface area contributed by atoms with Crippen molar-refractivity contribution in [1.29, 1.82) is 0 Å². The van der Waals surface area contributed by atoms with Crippen molar-refractivity contribution in [2.75, 3.05) is 6.61 Å². The molecule has 0 radical (unpaired) electrons. The second-order valence-corrected chi connectivity index (χ2v) is 5.25. The van der Waals surface area contributed by atoms with Gasteiger partial charge in [0.1, 0.15) is 0 Å². The van der Waals surface area contributed by atoms with E-state index in [1.165, 1.54) is 24.0 Å². The standard InChI is InChI=1S/C14H20N2O/c1-10-4-6-15-8-12(10)9-16-13-5-7-17-14(13)11-2-3-11/h4,6,8,11,13-14,16H,2-3,5,7,9H2,1H3. The fourth-order valence-electron chi connectivity index (χ4n) is 2.64. The van der Waals surface area contributed by atoms with Crippen LogP contribution >= 0.6 is 0 Å². The van der Waals surface area contributed by atoms with Crippen LogP contribution in [-0.2, 0) is 11.3 Å². The van der Waals surface area contributed by atoms with Crippen molar-refractivity contribution in [2.24, 2.45) is 5.92 Å². The molecule has 0 amide bonds. The molecule has 17 heavy (non-hydrogen) atoms. The van der Waals surface area contributed by atoms with Gasteiger partial charge in [0.25, 0.3) is 0 Å². The molecule has 1 saturated carbocycles. The van der Waals surface area contributed by atoms with E-state index in [1.54, 1.807) is 0 Å². The third kappa shape index (κ3) is 2.50. The van der Waals surface area contributed by atoms with E-state index in [2.05, 4.69) is 23.3 Å². The minimum atomic E-state index is 0.465. The smallest absolute Gasteiger partial charge is 0.0757 e. The number of nitrogens with one attached hydrogen (secondary N) is 1. The van der Waals surface area contributed by atoms with Crippen LogP contribution < -0.4 is 5.32 Å². The van der Waals surface area contributed by atoms with E-state index in [-0.39, 0.29) is 0 Å². The van der Waals surface area contributed by atoms with Crippen LogP contribution in [0, 0.1) is 12.8 Å². The summed E-state index contributed by atoms with van der Waals surface area (Å²) in [5.74, 6) is 0.824. The van der Waals surface area contributed by atoms with Crippen LogP contribution in [0.3, 0.4) is 0 Å². The van der Waals surface area contributed by atoms with E-state index >= 15 is 0 Å². The molecule has 3 nitrogen and oxygen atoms in total. The minimum Gasteiger partial charge on any atom is -0.376 e. The van der Waals surface area contributed by atoms with E-state index in [4.69, 9.17) is 4.74 Å². The number of rotatable bonds is 4. The Bertz CT molecular complexity index is 390. The lowest BCUT2D eigenvalue weighted by atomic mass is 10.1. The number of aromatic nitrogens is 1. The number of aryl methyl sites for hydroxylation is 1.